The minimum atomic E-state index is -3.03. The fourth-order valence-corrected chi connectivity index (χ4v) is 1.56. The van der Waals surface area contributed by atoms with E-state index >= 15 is 0 Å². The van der Waals surface area contributed by atoms with Crippen molar-refractivity contribution in [3.05, 3.63) is 29.3 Å². The van der Waals surface area contributed by atoms with Crippen LogP contribution in [0.15, 0.2) is 18.2 Å². The van der Waals surface area contributed by atoms with Gasteiger partial charge in [0.05, 0.1) is 18.8 Å². The molecular formula is C12H17F2NO2. The standard InChI is InChI=1S/C12H17F2NO2/c1-7(15)11(16)8-4-5-10(17-3)9(6-8)12(2,13)14/h4-7,11,16H,15H2,1-3H3. The monoisotopic (exact) mass is 245 g/mol. The Bertz CT molecular complexity index is 389. The quantitative estimate of drug-likeness (QED) is 0.855. The molecule has 1 aromatic rings. The van der Waals surface area contributed by atoms with Gasteiger partial charge in [-0.2, -0.15) is 0 Å². The van der Waals surface area contributed by atoms with E-state index in [2.05, 4.69) is 0 Å². The van der Waals surface area contributed by atoms with E-state index in [1.807, 2.05) is 0 Å². The summed E-state index contributed by atoms with van der Waals surface area (Å²) in [6.45, 7) is 2.39. The molecule has 17 heavy (non-hydrogen) atoms. The largest absolute Gasteiger partial charge is 0.496 e. The summed E-state index contributed by atoms with van der Waals surface area (Å²) >= 11 is 0. The Morgan fingerprint density at radius 1 is 1.41 bits per heavy atom. The highest BCUT2D eigenvalue weighted by molar-refractivity contribution is 5.40. The number of methoxy groups -OCH3 is 1. The maximum absolute atomic E-state index is 13.4. The van der Waals surface area contributed by atoms with E-state index in [0.717, 1.165) is 6.92 Å². The normalized spacial score (nSPS) is 15.5. The van der Waals surface area contributed by atoms with E-state index in [4.69, 9.17) is 10.5 Å². The summed E-state index contributed by atoms with van der Waals surface area (Å²) in [5.74, 6) is -2.93. The van der Waals surface area contributed by atoms with Crippen LogP contribution in [0.3, 0.4) is 0 Å². The van der Waals surface area contributed by atoms with E-state index in [9.17, 15) is 13.9 Å². The molecule has 0 saturated carbocycles. The average molecular weight is 245 g/mol. The molecule has 0 amide bonds. The molecule has 0 saturated heterocycles. The van der Waals surface area contributed by atoms with E-state index in [0.29, 0.717) is 5.56 Å². The second kappa shape index (κ2) is 4.98. The van der Waals surface area contributed by atoms with Gasteiger partial charge in [0.15, 0.2) is 0 Å². The van der Waals surface area contributed by atoms with Crippen molar-refractivity contribution in [1.29, 1.82) is 0 Å². The minimum absolute atomic E-state index is 0.0955. The summed E-state index contributed by atoms with van der Waals surface area (Å²) in [6, 6.07) is 3.64. The number of aliphatic hydroxyl groups excluding tert-OH is 1. The summed E-state index contributed by atoms with van der Waals surface area (Å²) in [4.78, 5) is 0. The number of nitrogens with two attached hydrogens (primary N) is 1. The van der Waals surface area contributed by atoms with Crippen molar-refractivity contribution in [3.63, 3.8) is 0 Å². The van der Waals surface area contributed by atoms with Crippen LogP contribution >= 0.6 is 0 Å². The Morgan fingerprint density at radius 3 is 2.41 bits per heavy atom. The Hall–Kier alpha value is -1.20. The van der Waals surface area contributed by atoms with Crippen LogP contribution in [0.4, 0.5) is 8.78 Å². The lowest BCUT2D eigenvalue weighted by Gasteiger charge is -2.20. The molecule has 1 rings (SSSR count). The zero-order valence-corrected chi connectivity index (χ0v) is 10.1. The van der Waals surface area contributed by atoms with E-state index in [1.54, 1.807) is 6.92 Å². The topological polar surface area (TPSA) is 55.5 Å². The first-order valence-corrected chi connectivity index (χ1v) is 5.27. The van der Waals surface area contributed by atoms with Gasteiger partial charge < -0.3 is 15.6 Å². The molecule has 0 heterocycles. The van der Waals surface area contributed by atoms with Crippen molar-refractivity contribution in [2.75, 3.05) is 7.11 Å². The first-order chi connectivity index (χ1) is 7.77. The second-order valence-electron chi connectivity index (χ2n) is 4.15. The Balaban J connectivity index is 3.23. The molecule has 0 aliphatic rings. The van der Waals surface area contributed by atoms with Gasteiger partial charge in [-0.15, -0.1) is 0 Å². The van der Waals surface area contributed by atoms with Gasteiger partial charge in [-0.3, -0.25) is 0 Å². The highest BCUT2D eigenvalue weighted by Crippen LogP contribution is 2.36. The second-order valence-corrected chi connectivity index (χ2v) is 4.15. The molecule has 0 fully saturated rings. The van der Waals surface area contributed by atoms with Gasteiger partial charge in [-0.25, -0.2) is 8.78 Å². The van der Waals surface area contributed by atoms with Crippen molar-refractivity contribution in [1.82, 2.24) is 0 Å². The highest BCUT2D eigenvalue weighted by Gasteiger charge is 2.29. The fourth-order valence-electron chi connectivity index (χ4n) is 1.56. The molecule has 0 aliphatic heterocycles. The van der Waals surface area contributed by atoms with Crippen molar-refractivity contribution in [2.45, 2.75) is 31.9 Å². The molecule has 0 aliphatic carbocycles. The van der Waals surface area contributed by atoms with Gasteiger partial charge in [0.1, 0.15) is 5.75 Å². The van der Waals surface area contributed by atoms with Crippen molar-refractivity contribution < 1.29 is 18.6 Å². The highest BCUT2D eigenvalue weighted by atomic mass is 19.3. The van der Waals surface area contributed by atoms with Gasteiger partial charge in [0.25, 0.3) is 5.92 Å². The van der Waals surface area contributed by atoms with Crippen LogP contribution in [-0.2, 0) is 5.92 Å². The fraction of sp³-hybridized carbons (Fsp3) is 0.500. The number of rotatable bonds is 4. The van der Waals surface area contributed by atoms with Crippen LogP contribution in [-0.4, -0.2) is 18.3 Å². The lowest BCUT2D eigenvalue weighted by atomic mass is 9.99. The number of ether oxygens (including phenoxy) is 1. The number of hydrogen-bond donors (Lipinski definition) is 2. The summed E-state index contributed by atoms with van der Waals surface area (Å²) in [7, 11) is 1.33. The maximum atomic E-state index is 13.4. The average Bonchev–Trinajstić information content (AvgIpc) is 2.25. The smallest absolute Gasteiger partial charge is 0.274 e. The predicted molar refractivity (Wildman–Crippen MR) is 61.2 cm³/mol. The summed E-state index contributed by atoms with van der Waals surface area (Å²) in [5, 5.41) is 9.74. The number of alkyl halides is 2. The first kappa shape index (κ1) is 13.9. The molecule has 3 N–H and O–H groups in total. The van der Waals surface area contributed by atoms with Crippen LogP contribution < -0.4 is 10.5 Å². The summed E-state index contributed by atoms with van der Waals surface area (Å²) < 4.78 is 31.6. The van der Waals surface area contributed by atoms with Crippen LogP contribution in [0.25, 0.3) is 0 Å². The molecule has 0 spiro atoms. The summed E-state index contributed by atoms with van der Waals surface area (Å²) in [5.41, 5.74) is 5.63. The van der Waals surface area contributed by atoms with Crippen molar-refractivity contribution in [2.24, 2.45) is 5.73 Å². The predicted octanol–water partition coefficient (Wildman–Crippen LogP) is 2.19. The Kier molecular flexibility index (Phi) is 4.06. The lowest BCUT2D eigenvalue weighted by molar-refractivity contribution is 0.0147. The Labute approximate surface area is 99.2 Å². The number of benzene rings is 1. The van der Waals surface area contributed by atoms with E-state index < -0.39 is 18.1 Å². The third-order valence-corrected chi connectivity index (χ3v) is 2.54. The van der Waals surface area contributed by atoms with Crippen molar-refractivity contribution >= 4 is 0 Å². The third-order valence-electron chi connectivity index (χ3n) is 2.54. The number of hydrogen-bond acceptors (Lipinski definition) is 3. The van der Waals surface area contributed by atoms with Gasteiger partial charge in [-0.05, 0) is 24.6 Å². The van der Waals surface area contributed by atoms with Crippen LogP contribution in [0.5, 0.6) is 5.75 Å². The Morgan fingerprint density at radius 2 is 2.00 bits per heavy atom. The zero-order chi connectivity index (χ0) is 13.2. The van der Waals surface area contributed by atoms with Crippen LogP contribution in [0, 0.1) is 0 Å². The molecule has 0 bridgehead atoms. The molecule has 5 heteroatoms. The van der Waals surface area contributed by atoms with Gasteiger partial charge in [0, 0.05) is 13.0 Å². The van der Waals surface area contributed by atoms with Gasteiger partial charge in [-0.1, -0.05) is 6.07 Å². The van der Waals surface area contributed by atoms with E-state index in [1.165, 1.54) is 25.3 Å². The SMILES string of the molecule is COc1ccc(C(O)C(C)N)cc1C(C)(F)F. The maximum Gasteiger partial charge on any atom is 0.274 e. The molecule has 0 aromatic heterocycles. The molecule has 2 atom stereocenters. The molecule has 1 aromatic carbocycles. The van der Waals surface area contributed by atoms with Gasteiger partial charge >= 0.3 is 0 Å². The number of aliphatic hydroxyl groups is 1. The molecule has 0 radical (unpaired) electrons. The van der Waals surface area contributed by atoms with E-state index in [-0.39, 0.29) is 11.3 Å². The number of halogens is 2. The first-order valence-electron chi connectivity index (χ1n) is 5.27. The molecule has 2 unspecified atom stereocenters. The minimum Gasteiger partial charge on any atom is -0.496 e. The lowest BCUT2D eigenvalue weighted by Crippen LogP contribution is -2.24. The molecule has 3 nitrogen and oxygen atoms in total. The summed E-state index contributed by atoms with van der Waals surface area (Å²) in [6.07, 6.45) is -0.970. The molecular weight excluding hydrogens is 228 g/mol. The molecule has 96 valence electrons. The van der Waals surface area contributed by atoms with Gasteiger partial charge in [0.2, 0.25) is 0 Å². The van der Waals surface area contributed by atoms with Crippen LogP contribution in [0.1, 0.15) is 31.1 Å². The third kappa shape index (κ3) is 3.14. The van der Waals surface area contributed by atoms with Crippen molar-refractivity contribution in [3.8, 4) is 5.75 Å². The zero-order valence-electron chi connectivity index (χ0n) is 10.1. The van der Waals surface area contributed by atoms with Crippen LogP contribution in [0.2, 0.25) is 0 Å².